The van der Waals surface area contributed by atoms with Gasteiger partial charge in [0, 0.05) is 7.11 Å². The van der Waals surface area contributed by atoms with E-state index in [4.69, 9.17) is 38.0 Å². The van der Waals surface area contributed by atoms with Crippen LogP contribution in [0.4, 0.5) is 4.39 Å². The van der Waals surface area contributed by atoms with E-state index >= 15 is 0 Å². The number of amides is 1. The first-order valence-corrected chi connectivity index (χ1v) is 10.5. The van der Waals surface area contributed by atoms with E-state index in [0.29, 0.717) is 44.5 Å². The van der Waals surface area contributed by atoms with Gasteiger partial charge < -0.3 is 14.2 Å². The Bertz CT molecular complexity index is 982. The fraction of sp³-hybridized carbons (Fsp3) is 0.238. The summed E-state index contributed by atoms with van der Waals surface area (Å²) in [6, 6.07) is 9.41. The van der Waals surface area contributed by atoms with E-state index in [1.165, 1.54) is 35.9 Å². The van der Waals surface area contributed by atoms with E-state index in [0.717, 1.165) is 5.56 Å². The predicted octanol–water partition coefficient (Wildman–Crippen LogP) is 4.91. The van der Waals surface area contributed by atoms with Crippen LogP contribution in [0.2, 0.25) is 5.02 Å². The molecule has 1 saturated heterocycles. The van der Waals surface area contributed by atoms with Crippen LogP contribution < -0.4 is 9.47 Å². The highest BCUT2D eigenvalue weighted by Crippen LogP contribution is 2.39. The summed E-state index contributed by atoms with van der Waals surface area (Å²) < 4.78 is 29.8. The molecule has 0 saturated carbocycles. The summed E-state index contributed by atoms with van der Waals surface area (Å²) in [6.07, 6.45) is 1.71. The highest BCUT2D eigenvalue weighted by atomic mass is 35.5. The van der Waals surface area contributed by atoms with Gasteiger partial charge in [-0.1, -0.05) is 47.7 Å². The Hall–Kier alpha value is -2.13. The second kappa shape index (κ2) is 10.3. The highest BCUT2D eigenvalue weighted by molar-refractivity contribution is 8.26. The van der Waals surface area contributed by atoms with Crippen LogP contribution >= 0.6 is 35.6 Å². The lowest BCUT2D eigenvalue weighted by molar-refractivity contribution is -0.122. The molecule has 5 nitrogen and oxygen atoms in total. The molecule has 1 aliphatic heterocycles. The van der Waals surface area contributed by atoms with Crippen molar-refractivity contribution in [2.75, 3.05) is 27.4 Å². The third-order valence-corrected chi connectivity index (χ3v) is 5.90. The number of benzene rings is 2. The smallest absolute Gasteiger partial charge is 0.266 e. The van der Waals surface area contributed by atoms with Crippen molar-refractivity contribution in [2.45, 2.75) is 6.61 Å². The molecule has 0 spiro atoms. The van der Waals surface area contributed by atoms with Crippen LogP contribution in [0.25, 0.3) is 6.08 Å². The third kappa shape index (κ3) is 5.31. The molecule has 1 aliphatic rings. The van der Waals surface area contributed by atoms with Gasteiger partial charge in [0.1, 0.15) is 16.7 Å². The van der Waals surface area contributed by atoms with Gasteiger partial charge >= 0.3 is 0 Å². The van der Waals surface area contributed by atoms with Gasteiger partial charge in [0.2, 0.25) is 0 Å². The first-order chi connectivity index (χ1) is 14.4. The normalized spacial score (nSPS) is 15.2. The van der Waals surface area contributed by atoms with Gasteiger partial charge in [0.05, 0.1) is 30.2 Å². The fourth-order valence-corrected chi connectivity index (χ4v) is 4.31. The van der Waals surface area contributed by atoms with Crippen molar-refractivity contribution < 1.29 is 23.4 Å². The van der Waals surface area contributed by atoms with Crippen LogP contribution in [0.3, 0.4) is 0 Å². The zero-order valence-corrected chi connectivity index (χ0v) is 18.7. The maximum atomic E-state index is 13.1. The zero-order valence-electron chi connectivity index (χ0n) is 16.3. The van der Waals surface area contributed by atoms with Crippen LogP contribution in [0, 0.1) is 5.82 Å². The molecule has 2 aromatic carbocycles. The SMILES string of the molecule is COCCN1C(=O)/C(=C/c2cc(Cl)c(OCc3ccc(F)cc3)c(OC)c2)SC1=S. The quantitative estimate of drug-likeness (QED) is 0.406. The lowest BCUT2D eigenvalue weighted by Gasteiger charge is -2.14. The first kappa shape index (κ1) is 22.6. The van der Waals surface area contributed by atoms with Crippen molar-refractivity contribution in [2.24, 2.45) is 0 Å². The Morgan fingerprint density at radius 3 is 2.63 bits per heavy atom. The number of thioether (sulfide) groups is 1. The topological polar surface area (TPSA) is 48.0 Å². The molecular weight excluding hydrogens is 449 g/mol. The molecule has 1 amide bonds. The van der Waals surface area contributed by atoms with Crippen LogP contribution in [0.15, 0.2) is 41.3 Å². The van der Waals surface area contributed by atoms with Crippen LogP contribution in [-0.4, -0.2) is 42.5 Å². The standard InChI is InChI=1S/C21H19ClFNO4S2/c1-26-8-7-24-20(25)18(30-21(24)29)11-14-9-16(22)19(17(10-14)27-2)28-12-13-3-5-15(23)6-4-13/h3-6,9-11H,7-8,12H2,1-2H3/b18-11-. The van der Waals surface area contributed by atoms with Crippen LogP contribution in [0.5, 0.6) is 11.5 Å². The summed E-state index contributed by atoms with van der Waals surface area (Å²) in [7, 11) is 3.08. The Labute approximate surface area is 188 Å². The molecule has 158 valence electrons. The van der Waals surface area contributed by atoms with Crippen molar-refractivity contribution in [1.82, 2.24) is 4.90 Å². The number of ether oxygens (including phenoxy) is 3. The fourth-order valence-electron chi connectivity index (χ4n) is 2.73. The Morgan fingerprint density at radius 2 is 1.97 bits per heavy atom. The average molecular weight is 468 g/mol. The number of carbonyl (C=O) groups is 1. The summed E-state index contributed by atoms with van der Waals surface area (Å²) in [4.78, 5) is 14.6. The molecule has 0 aromatic heterocycles. The molecule has 0 atom stereocenters. The summed E-state index contributed by atoms with van der Waals surface area (Å²) in [6.45, 7) is 1.01. The summed E-state index contributed by atoms with van der Waals surface area (Å²) in [5, 5.41) is 0.331. The summed E-state index contributed by atoms with van der Waals surface area (Å²) >= 11 is 12.9. The molecular formula is C21H19ClFNO4S2. The molecule has 0 aliphatic carbocycles. The lowest BCUT2D eigenvalue weighted by atomic mass is 10.1. The molecule has 0 unspecified atom stereocenters. The number of rotatable bonds is 8. The molecule has 2 aromatic rings. The molecule has 1 heterocycles. The lowest BCUT2D eigenvalue weighted by Crippen LogP contribution is -2.31. The minimum atomic E-state index is -0.314. The zero-order chi connectivity index (χ0) is 21.7. The van der Waals surface area contributed by atoms with Crippen LogP contribution in [-0.2, 0) is 16.1 Å². The first-order valence-electron chi connectivity index (χ1n) is 8.92. The van der Waals surface area contributed by atoms with Gasteiger partial charge in [-0.05, 0) is 41.5 Å². The summed E-state index contributed by atoms with van der Waals surface area (Å²) in [5.41, 5.74) is 1.47. The van der Waals surface area contributed by atoms with Crippen LogP contribution in [0.1, 0.15) is 11.1 Å². The van der Waals surface area contributed by atoms with Crippen molar-refractivity contribution in [3.63, 3.8) is 0 Å². The predicted molar refractivity (Wildman–Crippen MR) is 120 cm³/mol. The number of nitrogens with zero attached hydrogens (tertiary/aromatic N) is 1. The van der Waals surface area contributed by atoms with E-state index < -0.39 is 0 Å². The molecule has 9 heteroatoms. The van der Waals surface area contributed by atoms with E-state index in [9.17, 15) is 9.18 Å². The molecule has 0 radical (unpaired) electrons. The second-order valence-electron chi connectivity index (χ2n) is 6.28. The number of thiocarbonyl (C=S) groups is 1. The highest BCUT2D eigenvalue weighted by Gasteiger charge is 2.31. The number of hydrogen-bond donors (Lipinski definition) is 0. The van der Waals surface area contributed by atoms with Crippen molar-refractivity contribution in [3.05, 3.63) is 63.3 Å². The van der Waals surface area contributed by atoms with Gasteiger partial charge in [-0.3, -0.25) is 9.69 Å². The van der Waals surface area contributed by atoms with Crippen molar-refractivity contribution in [3.8, 4) is 11.5 Å². The maximum absolute atomic E-state index is 13.1. The molecule has 1 fully saturated rings. The van der Waals surface area contributed by atoms with Gasteiger partial charge in [0.25, 0.3) is 5.91 Å². The van der Waals surface area contributed by atoms with Gasteiger partial charge in [-0.15, -0.1) is 0 Å². The Kier molecular flexibility index (Phi) is 7.71. The van der Waals surface area contributed by atoms with E-state index in [1.807, 2.05) is 0 Å². The molecule has 0 N–H and O–H groups in total. The van der Waals surface area contributed by atoms with E-state index in [2.05, 4.69) is 0 Å². The van der Waals surface area contributed by atoms with E-state index in [1.54, 1.807) is 37.5 Å². The Balaban J connectivity index is 1.79. The molecule has 0 bridgehead atoms. The monoisotopic (exact) mass is 467 g/mol. The maximum Gasteiger partial charge on any atom is 0.266 e. The third-order valence-electron chi connectivity index (χ3n) is 4.24. The van der Waals surface area contributed by atoms with E-state index in [-0.39, 0.29) is 18.3 Å². The van der Waals surface area contributed by atoms with Crippen molar-refractivity contribution >= 4 is 51.9 Å². The van der Waals surface area contributed by atoms with Gasteiger partial charge in [0.15, 0.2) is 11.5 Å². The largest absolute Gasteiger partial charge is 0.493 e. The van der Waals surface area contributed by atoms with Gasteiger partial charge in [-0.2, -0.15) is 0 Å². The number of hydrogen-bond acceptors (Lipinski definition) is 6. The average Bonchev–Trinajstić information content (AvgIpc) is 2.99. The Morgan fingerprint density at radius 1 is 1.23 bits per heavy atom. The number of methoxy groups -OCH3 is 2. The second-order valence-corrected chi connectivity index (χ2v) is 8.36. The van der Waals surface area contributed by atoms with Crippen molar-refractivity contribution in [1.29, 1.82) is 0 Å². The minimum Gasteiger partial charge on any atom is -0.493 e. The summed E-state index contributed by atoms with van der Waals surface area (Å²) in [5.74, 6) is 0.305. The van der Waals surface area contributed by atoms with Gasteiger partial charge in [-0.25, -0.2) is 4.39 Å². The number of halogens is 2. The minimum absolute atomic E-state index is 0.172. The number of carbonyl (C=O) groups excluding carboxylic acids is 1. The molecule has 30 heavy (non-hydrogen) atoms. The molecule has 3 rings (SSSR count).